The van der Waals surface area contributed by atoms with E-state index in [-0.39, 0.29) is 0 Å². The van der Waals surface area contributed by atoms with E-state index in [1.807, 2.05) is 0 Å². The molecule has 1 aliphatic carbocycles. The molecule has 2 rings (SSSR count). The minimum Gasteiger partial charge on any atom is -0.498 e. The number of allylic oxidation sites excluding steroid dienone is 1. The van der Waals surface area contributed by atoms with Gasteiger partial charge in [-0.3, -0.25) is 0 Å². The van der Waals surface area contributed by atoms with Crippen LogP contribution in [-0.4, -0.2) is 6.61 Å². The zero-order valence-electron chi connectivity index (χ0n) is 4.24. The first-order valence-corrected chi connectivity index (χ1v) is 2.80. The second-order valence-corrected chi connectivity index (χ2v) is 2.13. The first-order chi connectivity index (χ1) is 3.47. The normalized spacial score (nSPS) is 26.3. The molecule has 0 aromatic heterocycles. The van der Waals surface area contributed by atoms with Crippen molar-refractivity contribution in [3.05, 3.63) is 11.3 Å². The van der Waals surface area contributed by atoms with E-state index in [1.54, 1.807) is 5.57 Å². The van der Waals surface area contributed by atoms with Gasteiger partial charge in [0.25, 0.3) is 0 Å². The van der Waals surface area contributed by atoms with Gasteiger partial charge in [0.15, 0.2) is 0 Å². The Kier molecular flexibility index (Phi) is 0.518. The lowest BCUT2D eigenvalue weighted by atomic mass is 9.96. The molecule has 0 aromatic rings. The van der Waals surface area contributed by atoms with Gasteiger partial charge in [-0.1, -0.05) is 0 Å². The van der Waals surface area contributed by atoms with Crippen LogP contribution in [0, 0.1) is 0 Å². The highest BCUT2D eigenvalue weighted by molar-refractivity contribution is 5.22. The highest BCUT2D eigenvalue weighted by Crippen LogP contribution is 2.35. The minimum absolute atomic E-state index is 0.963. The van der Waals surface area contributed by atoms with Gasteiger partial charge < -0.3 is 4.74 Å². The van der Waals surface area contributed by atoms with Gasteiger partial charge in [-0.25, -0.2) is 0 Å². The molecular weight excluding hydrogens is 88.1 g/mol. The maximum atomic E-state index is 5.23. The van der Waals surface area contributed by atoms with Crippen molar-refractivity contribution >= 4 is 0 Å². The van der Waals surface area contributed by atoms with Crippen LogP contribution in [0.3, 0.4) is 0 Å². The van der Waals surface area contributed by atoms with Crippen molar-refractivity contribution in [1.29, 1.82) is 0 Å². The van der Waals surface area contributed by atoms with Crippen LogP contribution >= 0.6 is 0 Å². The highest BCUT2D eigenvalue weighted by Gasteiger charge is 2.22. The summed E-state index contributed by atoms with van der Waals surface area (Å²) in [7, 11) is 0. The standard InChI is InChI=1S/C6H8O/c1-2-6-5(1)3-4-7-6/h1-4H2. The van der Waals surface area contributed by atoms with Crippen LogP contribution < -0.4 is 0 Å². The molecule has 0 unspecified atom stereocenters. The van der Waals surface area contributed by atoms with E-state index in [9.17, 15) is 0 Å². The molecule has 0 amide bonds. The molecule has 1 heteroatoms. The van der Waals surface area contributed by atoms with Crippen LogP contribution in [0.1, 0.15) is 19.3 Å². The molecule has 0 saturated heterocycles. The summed E-state index contributed by atoms with van der Waals surface area (Å²) >= 11 is 0. The monoisotopic (exact) mass is 96.1 g/mol. The van der Waals surface area contributed by atoms with E-state index in [4.69, 9.17) is 4.74 Å². The lowest BCUT2D eigenvalue weighted by molar-refractivity contribution is 0.231. The third-order valence-electron chi connectivity index (χ3n) is 1.73. The number of rotatable bonds is 0. The van der Waals surface area contributed by atoms with E-state index in [0.29, 0.717) is 0 Å². The zero-order valence-corrected chi connectivity index (χ0v) is 4.24. The first kappa shape index (κ1) is 3.53. The third kappa shape index (κ3) is 0.328. The highest BCUT2D eigenvalue weighted by atomic mass is 16.5. The summed E-state index contributed by atoms with van der Waals surface area (Å²) in [5.74, 6) is 1.31. The molecular formula is C6H8O. The number of hydrogen-bond donors (Lipinski definition) is 0. The molecule has 2 aliphatic rings. The van der Waals surface area contributed by atoms with Gasteiger partial charge in [-0.15, -0.1) is 0 Å². The van der Waals surface area contributed by atoms with Crippen LogP contribution in [0.4, 0.5) is 0 Å². The maximum Gasteiger partial charge on any atom is 0.0956 e. The Balaban J connectivity index is 2.29. The fraction of sp³-hybridized carbons (Fsp3) is 0.667. The van der Waals surface area contributed by atoms with E-state index in [2.05, 4.69) is 0 Å². The molecule has 7 heavy (non-hydrogen) atoms. The Labute approximate surface area is 43.0 Å². The van der Waals surface area contributed by atoms with Gasteiger partial charge in [0.2, 0.25) is 0 Å². The summed E-state index contributed by atoms with van der Waals surface area (Å²) in [6, 6.07) is 0. The Hall–Kier alpha value is -0.460. The molecule has 38 valence electrons. The van der Waals surface area contributed by atoms with Crippen molar-refractivity contribution in [3.63, 3.8) is 0 Å². The third-order valence-corrected chi connectivity index (χ3v) is 1.73. The lowest BCUT2D eigenvalue weighted by Crippen LogP contribution is -1.96. The van der Waals surface area contributed by atoms with Crippen LogP contribution in [0.15, 0.2) is 11.3 Å². The minimum atomic E-state index is 0.963. The van der Waals surface area contributed by atoms with Crippen LogP contribution in [-0.2, 0) is 4.74 Å². The SMILES string of the molecule is C1CC2=C(CC2)O1. The van der Waals surface area contributed by atoms with Crippen molar-refractivity contribution < 1.29 is 4.74 Å². The summed E-state index contributed by atoms with van der Waals surface area (Å²) < 4.78 is 5.23. The zero-order chi connectivity index (χ0) is 4.69. The maximum absolute atomic E-state index is 5.23. The average Bonchev–Trinajstić information content (AvgIpc) is 1.85. The molecule has 0 atom stereocenters. The predicted octanol–water partition coefficient (Wildman–Crippen LogP) is 1.45. The molecule has 0 fully saturated rings. The van der Waals surface area contributed by atoms with Gasteiger partial charge in [-0.05, 0) is 12.0 Å². The molecule has 0 bridgehead atoms. The second-order valence-electron chi connectivity index (χ2n) is 2.13. The fourth-order valence-corrected chi connectivity index (χ4v) is 1.14. The van der Waals surface area contributed by atoms with Crippen molar-refractivity contribution in [3.8, 4) is 0 Å². The van der Waals surface area contributed by atoms with E-state index in [1.165, 1.54) is 25.0 Å². The van der Waals surface area contributed by atoms with Gasteiger partial charge >= 0.3 is 0 Å². The van der Waals surface area contributed by atoms with Gasteiger partial charge in [0, 0.05) is 12.8 Å². The van der Waals surface area contributed by atoms with Gasteiger partial charge in [0.1, 0.15) is 0 Å². The summed E-state index contributed by atoms with van der Waals surface area (Å²) in [6.45, 7) is 0.963. The van der Waals surface area contributed by atoms with Gasteiger partial charge in [-0.2, -0.15) is 0 Å². The van der Waals surface area contributed by atoms with Crippen molar-refractivity contribution in [2.75, 3.05) is 6.61 Å². The summed E-state index contributed by atoms with van der Waals surface area (Å²) in [5.41, 5.74) is 1.58. The Morgan fingerprint density at radius 1 is 1.14 bits per heavy atom. The topological polar surface area (TPSA) is 9.23 Å². The number of hydrogen-bond acceptors (Lipinski definition) is 1. The van der Waals surface area contributed by atoms with E-state index in [0.717, 1.165) is 6.61 Å². The summed E-state index contributed by atoms with van der Waals surface area (Å²) in [4.78, 5) is 0. The molecule has 0 spiro atoms. The number of ether oxygens (including phenoxy) is 1. The Morgan fingerprint density at radius 2 is 2.14 bits per heavy atom. The smallest absolute Gasteiger partial charge is 0.0956 e. The van der Waals surface area contributed by atoms with Crippen LogP contribution in [0.25, 0.3) is 0 Å². The molecule has 1 aliphatic heterocycles. The molecule has 0 radical (unpaired) electrons. The average molecular weight is 96.1 g/mol. The largest absolute Gasteiger partial charge is 0.498 e. The van der Waals surface area contributed by atoms with E-state index < -0.39 is 0 Å². The Morgan fingerprint density at radius 3 is 2.43 bits per heavy atom. The summed E-state index contributed by atoms with van der Waals surface area (Å²) in [6.07, 6.45) is 3.75. The Bertz CT molecular complexity index is 110. The predicted molar refractivity (Wildman–Crippen MR) is 26.8 cm³/mol. The van der Waals surface area contributed by atoms with Crippen molar-refractivity contribution in [1.82, 2.24) is 0 Å². The molecule has 0 saturated carbocycles. The summed E-state index contributed by atoms with van der Waals surface area (Å²) in [5, 5.41) is 0. The lowest BCUT2D eigenvalue weighted by Gasteiger charge is -2.12. The van der Waals surface area contributed by atoms with Crippen molar-refractivity contribution in [2.45, 2.75) is 19.3 Å². The second kappa shape index (κ2) is 1.03. The molecule has 1 nitrogen and oxygen atoms in total. The van der Waals surface area contributed by atoms with E-state index >= 15 is 0 Å². The fourth-order valence-electron chi connectivity index (χ4n) is 1.14. The van der Waals surface area contributed by atoms with Crippen LogP contribution in [0.2, 0.25) is 0 Å². The van der Waals surface area contributed by atoms with Gasteiger partial charge in [0.05, 0.1) is 12.4 Å². The van der Waals surface area contributed by atoms with Crippen molar-refractivity contribution in [2.24, 2.45) is 0 Å². The molecule has 1 heterocycles. The molecule has 0 aromatic carbocycles. The van der Waals surface area contributed by atoms with Crippen LogP contribution in [0.5, 0.6) is 0 Å². The first-order valence-electron chi connectivity index (χ1n) is 2.80. The molecule has 0 N–H and O–H groups in total. The quantitative estimate of drug-likeness (QED) is 0.443.